The summed E-state index contributed by atoms with van der Waals surface area (Å²) in [4.78, 5) is 11.8. The first kappa shape index (κ1) is 11.0. The third-order valence-corrected chi connectivity index (χ3v) is 3.01. The molecule has 1 heterocycles. The predicted molar refractivity (Wildman–Crippen MR) is 66.7 cm³/mol. The van der Waals surface area contributed by atoms with Crippen molar-refractivity contribution in [2.45, 2.75) is 39.2 Å². The zero-order valence-electron chi connectivity index (χ0n) is 9.84. The molecular formula is C13H18N2O. The van der Waals surface area contributed by atoms with E-state index < -0.39 is 0 Å². The number of nitrogens with one attached hydrogen (secondary N) is 2. The monoisotopic (exact) mass is 218 g/mol. The van der Waals surface area contributed by atoms with Crippen LogP contribution in [0.3, 0.4) is 0 Å². The second kappa shape index (κ2) is 4.56. The number of benzene rings is 1. The Bertz CT molecular complexity index is 401. The molecule has 1 amide bonds. The quantitative estimate of drug-likeness (QED) is 0.819. The van der Waals surface area contributed by atoms with Gasteiger partial charge in [-0.2, -0.15) is 0 Å². The highest BCUT2D eigenvalue weighted by Crippen LogP contribution is 2.30. The topological polar surface area (TPSA) is 41.1 Å². The van der Waals surface area contributed by atoms with E-state index in [9.17, 15) is 4.79 Å². The Morgan fingerprint density at radius 1 is 1.38 bits per heavy atom. The maximum absolute atomic E-state index is 11.8. The molecule has 16 heavy (non-hydrogen) atoms. The minimum absolute atomic E-state index is 0.0754. The van der Waals surface area contributed by atoms with E-state index in [4.69, 9.17) is 0 Å². The van der Waals surface area contributed by atoms with Gasteiger partial charge in [0.25, 0.3) is 0 Å². The Morgan fingerprint density at radius 2 is 2.19 bits per heavy atom. The van der Waals surface area contributed by atoms with E-state index in [1.165, 1.54) is 5.56 Å². The van der Waals surface area contributed by atoms with Crippen molar-refractivity contribution in [3.8, 4) is 0 Å². The van der Waals surface area contributed by atoms with Crippen molar-refractivity contribution in [2.75, 3.05) is 10.6 Å². The van der Waals surface area contributed by atoms with Crippen LogP contribution in [0, 0.1) is 6.92 Å². The van der Waals surface area contributed by atoms with Crippen LogP contribution in [0.4, 0.5) is 11.4 Å². The molecule has 1 aliphatic rings. The Labute approximate surface area is 96.2 Å². The number of para-hydroxylation sites is 1. The number of amides is 1. The first-order valence-corrected chi connectivity index (χ1v) is 5.89. The van der Waals surface area contributed by atoms with Crippen LogP contribution in [0.25, 0.3) is 0 Å². The van der Waals surface area contributed by atoms with E-state index in [1.807, 2.05) is 12.1 Å². The fourth-order valence-electron chi connectivity index (χ4n) is 2.03. The lowest BCUT2D eigenvalue weighted by Gasteiger charge is -2.28. The molecule has 0 aromatic heterocycles. The second-order valence-electron chi connectivity index (χ2n) is 4.33. The van der Waals surface area contributed by atoms with E-state index >= 15 is 0 Å². The number of unbranched alkanes of at least 4 members (excludes halogenated alkanes) is 1. The Hall–Kier alpha value is -1.51. The molecule has 1 atom stereocenters. The molecule has 1 aliphatic heterocycles. The zero-order valence-corrected chi connectivity index (χ0v) is 9.84. The number of fused-ring (bicyclic) bond motifs is 1. The predicted octanol–water partition coefficient (Wildman–Crippen LogP) is 2.92. The van der Waals surface area contributed by atoms with Gasteiger partial charge in [0.2, 0.25) is 5.91 Å². The summed E-state index contributed by atoms with van der Waals surface area (Å²) >= 11 is 0. The fourth-order valence-corrected chi connectivity index (χ4v) is 2.03. The molecule has 0 saturated heterocycles. The molecule has 2 rings (SSSR count). The van der Waals surface area contributed by atoms with Gasteiger partial charge in [0, 0.05) is 0 Å². The van der Waals surface area contributed by atoms with Crippen LogP contribution in [-0.2, 0) is 4.79 Å². The maximum atomic E-state index is 11.8. The SMILES string of the molecule is CCCCC1Nc2c(C)cccc2NC1=O. The summed E-state index contributed by atoms with van der Waals surface area (Å²) in [6, 6.07) is 5.87. The summed E-state index contributed by atoms with van der Waals surface area (Å²) in [5.74, 6) is 0.0894. The van der Waals surface area contributed by atoms with Crippen molar-refractivity contribution in [3.05, 3.63) is 23.8 Å². The third kappa shape index (κ3) is 2.03. The number of anilines is 2. The second-order valence-corrected chi connectivity index (χ2v) is 4.33. The van der Waals surface area contributed by atoms with E-state index in [0.29, 0.717) is 0 Å². The van der Waals surface area contributed by atoms with Crippen molar-refractivity contribution in [2.24, 2.45) is 0 Å². The van der Waals surface area contributed by atoms with E-state index in [1.54, 1.807) is 0 Å². The summed E-state index contributed by atoms with van der Waals surface area (Å²) in [7, 11) is 0. The Kier molecular flexibility index (Phi) is 3.13. The van der Waals surface area contributed by atoms with Gasteiger partial charge in [0.15, 0.2) is 0 Å². The van der Waals surface area contributed by atoms with Crippen LogP contribution in [-0.4, -0.2) is 11.9 Å². The highest BCUT2D eigenvalue weighted by atomic mass is 16.2. The van der Waals surface area contributed by atoms with Gasteiger partial charge < -0.3 is 10.6 Å². The Morgan fingerprint density at radius 3 is 2.94 bits per heavy atom. The lowest BCUT2D eigenvalue weighted by molar-refractivity contribution is -0.117. The smallest absolute Gasteiger partial charge is 0.246 e. The van der Waals surface area contributed by atoms with Gasteiger partial charge in [-0.3, -0.25) is 4.79 Å². The van der Waals surface area contributed by atoms with E-state index in [-0.39, 0.29) is 11.9 Å². The molecule has 0 fully saturated rings. The van der Waals surface area contributed by atoms with Crippen LogP contribution < -0.4 is 10.6 Å². The minimum Gasteiger partial charge on any atom is -0.372 e. The van der Waals surface area contributed by atoms with Crippen molar-refractivity contribution in [3.63, 3.8) is 0 Å². The fraction of sp³-hybridized carbons (Fsp3) is 0.462. The van der Waals surface area contributed by atoms with Gasteiger partial charge in [0.1, 0.15) is 6.04 Å². The molecule has 2 N–H and O–H groups in total. The van der Waals surface area contributed by atoms with Crippen molar-refractivity contribution in [1.82, 2.24) is 0 Å². The largest absolute Gasteiger partial charge is 0.372 e. The average molecular weight is 218 g/mol. The molecule has 1 aromatic carbocycles. The molecule has 0 aliphatic carbocycles. The van der Waals surface area contributed by atoms with Crippen LogP contribution in [0.2, 0.25) is 0 Å². The van der Waals surface area contributed by atoms with Gasteiger partial charge in [-0.25, -0.2) is 0 Å². The third-order valence-electron chi connectivity index (χ3n) is 3.01. The number of hydrogen-bond donors (Lipinski definition) is 2. The molecule has 0 saturated carbocycles. The molecule has 3 nitrogen and oxygen atoms in total. The molecule has 0 spiro atoms. The van der Waals surface area contributed by atoms with Crippen LogP contribution >= 0.6 is 0 Å². The first-order chi connectivity index (χ1) is 7.72. The molecule has 3 heteroatoms. The van der Waals surface area contributed by atoms with Crippen molar-refractivity contribution < 1.29 is 4.79 Å². The van der Waals surface area contributed by atoms with Crippen LogP contribution in [0.5, 0.6) is 0 Å². The summed E-state index contributed by atoms with van der Waals surface area (Å²) in [5, 5.41) is 6.30. The highest BCUT2D eigenvalue weighted by molar-refractivity contribution is 6.03. The lowest BCUT2D eigenvalue weighted by Crippen LogP contribution is -2.39. The van der Waals surface area contributed by atoms with Gasteiger partial charge >= 0.3 is 0 Å². The van der Waals surface area contributed by atoms with E-state index in [0.717, 1.165) is 30.6 Å². The molecule has 0 bridgehead atoms. The maximum Gasteiger partial charge on any atom is 0.246 e. The highest BCUT2D eigenvalue weighted by Gasteiger charge is 2.25. The zero-order chi connectivity index (χ0) is 11.5. The van der Waals surface area contributed by atoms with E-state index in [2.05, 4.69) is 30.5 Å². The van der Waals surface area contributed by atoms with Crippen LogP contribution in [0.15, 0.2) is 18.2 Å². The minimum atomic E-state index is -0.0754. The number of rotatable bonds is 3. The number of hydrogen-bond acceptors (Lipinski definition) is 2. The summed E-state index contributed by atoms with van der Waals surface area (Å²) in [6.07, 6.45) is 3.09. The number of carbonyl (C=O) groups is 1. The summed E-state index contributed by atoms with van der Waals surface area (Å²) in [5.41, 5.74) is 3.15. The van der Waals surface area contributed by atoms with Gasteiger partial charge in [-0.05, 0) is 25.0 Å². The van der Waals surface area contributed by atoms with Gasteiger partial charge in [0.05, 0.1) is 11.4 Å². The molecule has 1 aromatic rings. The molecule has 86 valence electrons. The van der Waals surface area contributed by atoms with Crippen molar-refractivity contribution >= 4 is 17.3 Å². The number of carbonyl (C=O) groups excluding carboxylic acids is 1. The molecule has 0 radical (unpaired) electrons. The molecule has 1 unspecified atom stereocenters. The normalized spacial score (nSPS) is 18.6. The van der Waals surface area contributed by atoms with Gasteiger partial charge in [-0.1, -0.05) is 31.9 Å². The molecular weight excluding hydrogens is 200 g/mol. The standard InChI is InChI=1S/C13H18N2O/c1-3-4-7-11-13(16)15-10-8-5-6-9(2)12(10)14-11/h5-6,8,11,14H,3-4,7H2,1-2H3,(H,15,16). The lowest BCUT2D eigenvalue weighted by atomic mass is 10.0. The Balaban J connectivity index is 2.20. The summed E-state index contributed by atoms with van der Waals surface area (Å²) < 4.78 is 0. The van der Waals surface area contributed by atoms with Crippen LogP contribution in [0.1, 0.15) is 31.7 Å². The van der Waals surface area contributed by atoms with Crippen molar-refractivity contribution in [1.29, 1.82) is 0 Å². The number of aryl methyl sites for hydroxylation is 1. The summed E-state index contributed by atoms with van der Waals surface area (Å²) in [6.45, 7) is 4.19. The average Bonchev–Trinajstić information content (AvgIpc) is 2.27. The first-order valence-electron chi connectivity index (χ1n) is 5.89. The van der Waals surface area contributed by atoms with Gasteiger partial charge in [-0.15, -0.1) is 0 Å².